The van der Waals surface area contributed by atoms with Gasteiger partial charge in [0.15, 0.2) is 0 Å². The van der Waals surface area contributed by atoms with E-state index in [1.54, 1.807) is 0 Å². The number of hydrogen-bond acceptors (Lipinski definition) is 3. The third-order valence-corrected chi connectivity index (χ3v) is 7.67. The third-order valence-electron chi connectivity index (χ3n) is 6.26. The summed E-state index contributed by atoms with van der Waals surface area (Å²) in [6, 6.07) is 0. The summed E-state index contributed by atoms with van der Waals surface area (Å²) >= 11 is 0.323. The largest absolute Gasteiger partial charge is 0.481 e. The first-order valence-electron chi connectivity index (χ1n) is 9.48. The summed E-state index contributed by atoms with van der Waals surface area (Å²) in [5, 5.41) is 17.5. The quantitative estimate of drug-likeness (QED) is 0.337. The lowest BCUT2D eigenvalue weighted by molar-refractivity contribution is -0.439. The second-order valence-corrected chi connectivity index (χ2v) is 9.63. The monoisotopic (exact) mass is 562 g/mol. The minimum absolute atomic E-state index is 0.00890. The Kier molecular flexibility index (Phi) is 7.40. The fourth-order valence-corrected chi connectivity index (χ4v) is 6.07. The summed E-state index contributed by atoms with van der Waals surface area (Å²) in [7, 11) is 0. The Bertz CT molecular complexity index is 844. The van der Waals surface area contributed by atoms with Gasteiger partial charge in [-0.3, -0.25) is 9.59 Å². The highest BCUT2D eigenvalue weighted by molar-refractivity contribution is 7.99. The van der Waals surface area contributed by atoms with Gasteiger partial charge in [0.05, 0.1) is 11.8 Å². The molecule has 2 N–H and O–H groups in total. The van der Waals surface area contributed by atoms with Gasteiger partial charge in [0.2, 0.25) is 0 Å². The van der Waals surface area contributed by atoms with Crippen LogP contribution in [0.4, 0.5) is 57.1 Å². The average Bonchev–Trinajstić information content (AvgIpc) is 3.24. The number of aliphatic carboxylic acids is 2. The maximum atomic E-state index is 13.9. The number of carbonyl (C=O) groups is 2. The molecule has 2 bridgehead atoms. The van der Waals surface area contributed by atoms with Crippen LogP contribution in [0.3, 0.4) is 0 Å². The van der Waals surface area contributed by atoms with Crippen molar-refractivity contribution < 1.29 is 76.9 Å². The lowest BCUT2D eigenvalue weighted by Gasteiger charge is -2.39. The van der Waals surface area contributed by atoms with Crippen molar-refractivity contribution in [3.8, 4) is 0 Å². The molecule has 4 nitrogen and oxygen atoms in total. The molecule has 0 heterocycles. The van der Waals surface area contributed by atoms with Crippen LogP contribution in [0.15, 0.2) is 0 Å². The Morgan fingerprint density at radius 3 is 1.57 bits per heavy atom. The van der Waals surface area contributed by atoms with Gasteiger partial charge in [-0.15, -0.1) is 0 Å². The van der Waals surface area contributed by atoms with E-state index in [0.29, 0.717) is 11.8 Å². The number of alkyl halides is 13. The zero-order valence-corrected chi connectivity index (χ0v) is 17.6. The van der Waals surface area contributed by atoms with Crippen molar-refractivity contribution in [2.24, 2.45) is 23.7 Å². The molecule has 0 amide bonds. The van der Waals surface area contributed by atoms with Gasteiger partial charge in [-0.05, 0) is 30.4 Å². The lowest BCUT2D eigenvalue weighted by atomic mass is 9.79. The lowest BCUT2D eigenvalue weighted by Crippen LogP contribution is -2.70. The van der Waals surface area contributed by atoms with Crippen molar-refractivity contribution in [3.05, 3.63) is 0 Å². The first-order valence-corrected chi connectivity index (χ1v) is 10.5. The number of carboxylic acids is 2. The Labute approximate surface area is 191 Å². The summed E-state index contributed by atoms with van der Waals surface area (Å²) in [4.78, 5) is 22.7. The smallest absolute Gasteiger partial charge is 0.460 e. The Morgan fingerprint density at radius 2 is 1.14 bits per heavy atom. The van der Waals surface area contributed by atoms with E-state index in [1.165, 1.54) is 0 Å². The molecule has 0 spiro atoms. The average molecular weight is 562 g/mol. The second-order valence-electron chi connectivity index (χ2n) is 8.28. The van der Waals surface area contributed by atoms with Crippen LogP contribution in [0.1, 0.15) is 19.3 Å². The number of fused-ring (bicyclic) bond motifs is 2. The van der Waals surface area contributed by atoms with Gasteiger partial charge in [-0.2, -0.15) is 68.8 Å². The van der Waals surface area contributed by atoms with Gasteiger partial charge in [0.1, 0.15) is 0 Å². The maximum Gasteiger partial charge on any atom is 0.460 e. The third kappa shape index (κ3) is 4.40. The molecule has 0 aromatic rings. The van der Waals surface area contributed by atoms with E-state index in [-0.39, 0.29) is 12.8 Å². The van der Waals surface area contributed by atoms with Gasteiger partial charge in [-0.25, -0.2) is 0 Å². The van der Waals surface area contributed by atoms with E-state index in [2.05, 4.69) is 0 Å². The van der Waals surface area contributed by atoms with Crippen molar-refractivity contribution in [1.29, 1.82) is 0 Å². The molecule has 2 saturated carbocycles. The molecule has 2 fully saturated rings. The number of hydrogen-bond donors (Lipinski definition) is 2. The molecule has 2 aliphatic carbocycles. The van der Waals surface area contributed by atoms with Crippen molar-refractivity contribution in [2.45, 2.75) is 60.3 Å². The molecule has 5 atom stereocenters. The van der Waals surface area contributed by atoms with Crippen molar-refractivity contribution in [2.75, 3.05) is 5.75 Å². The molecular weight excluding hydrogens is 547 g/mol. The molecule has 2 aliphatic rings. The Morgan fingerprint density at radius 1 is 0.686 bits per heavy atom. The van der Waals surface area contributed by atoms with E-state index in [1.807, 2.05) is 0 Å². The molecule has 204 valence electrons. The molecule has 0 aromatic carbocycles. The summed E-state index contributed by atoms with van der Waals surface area (Å²) in [5.74, 6) is -45.8. The topological polar surface area (TPSA) is 74.6 Å². The zero-order chi connectivity index (χ0) is 27.6. The van der Waals surface area contributed by atoms with Crippen LogP contribution in [-0.4, -0.2) is 68.9 Å². The van der Waals surface area contributed by atoms with Gasteiger partial charge >= 0.3 is 47.7 Å². The zero-order valence-electron chi connectivity index (χ0n) is 16.7. The van der Waals surface area contributed by atoms with Crippen molar-refractivity contribution >= 4 is 23.7 Å². The van der Waals surface area contributed by atoms with Crippen LogP contribution < -0.4 is 0 Å². The predicted molar refractivity (Wildman–Crippen MR) is 90.1 cm³/mol. The first-order chi connectivity index (χ1) is 15.5. The van der Waals surface area contributed by atoms with Crippen molar-refractivity contribution in [3.63, 3.8) is 0 Å². The number of rotatable bonds is 10. The molecule has 0 saturated heterocycles. The standard InChI is InChI=1S/C17H15F13O4S/c18-12(19,13(20,21)14(22,23)15(24,25)16(26,27)17(28,29)30)1-2-35-7-4-5-3-6(7)9(11(33)34)8(5)10(31)32/h5-9H,1-4H2,(H,31,32)(H,33,34). The minimum atomic E-state index is -7.95. The number of thioether (sulfide) groups is 1. The second kappa shape index (κ2) is 8.75. The van der Waals surface area contributed by atoms with Gasteiger partial charge < -0.3 is 10.2 Å². The fraction of sp³-hybridized carbons (Fsp3) is 0.882. The summed E-state index contributed by atoms with van der Waals surface area (Å²) in [6.07, 6.45) is -9.92. The molecule has 5 unspecified atom stereocenters. The summed E-state index contributed by atoms with van der Waals surface area (Å²) in [6.45, 7) is 0. The molecule has 0 aromatic heterocycles. The Balaban J connectivity index is 2.16. The highest BCUT2D eigenvalue weighted by Gasteiger charge is 2.90. The predicted octanol–water partition coefficient (Wildman–Crippen LogP) is 5.66. The SMILES string of the molecule is O=C(O)C1C2CC(SCCC(F)(F)C(F)(F)C(F)(F)C(F)(F)C(F)(F)C(F)(F)F)C(C2)C1C(=O)O. The molecule has 35 heavy (non-hydrogen) atoms. The highest BCUT2D eigenvalue weighted by atomic mass is 32.2. The Hall–Kier alpha value is -1.62. The van der Waals surface area contributed by atoms with Gasteiger partial charge in [0, 0.05) is 11.7 Å². The normalized spacial score (nSPS) is 28.4. The first kappa shape index (κ1) is 29.6. The van der Waals surface area contributed by atoms with E-state index >= 15 is 0 Å². The fourth-order valence-electron chi connectivity index (χ4n) is 4.48. The summed E-state index contributed by atoms with van der Waals surface area (Å²) in [5.41, 5.74) is 0. The molecule has 0 radical (unpaired) electrons. The highest BCUT2D eigenvalue weighted by Crippen LogP contribution is 2.61. The molecule has 18 heteroatoms. The van der Waals surface area contributed by atoms with Crippen LogP contribution in [0.5, 0.6) is 0 Å². The molecule has 0 aliphatic heterocycles. The minimum Gasteiger partial charge on any atom is -0.481 e. The number of halogens is 13. The van der Waals surface area contributed by atoms with Gasteiger partial charge in [-0.1, -0.05) is 0 Å². The van der Waals surface area contributed by atoms with Crippen LogP contribution in [0.25, 0.3) is 0 Å². The maximum absolute atomic E-state index is 13.9. The van der Waals surface area contributed by atoms with Crippen LogP contribution >= 0.6 is 11.8 Å². The van der Waals surface area contributed by atoms with Crippen LogP contribution in [-0.2, 0) is 9.59 Å². The van der Waals surface area contributed by atoms with E-state index in [4.69, 9.17) is 5.11 Å². The summed E-state index contributed by atoms with van der Waals surface area (Å²) < 4.78 is 171. The van der Waals surface area contributed by atoms with E-state index in [9.17, 15) is 71.8 Å². The number of carboxylic acid groups (broad SMARTS) is 2. The van der Waals surface area contributed by atoms with E-state index in [0.717, 1.165) is 0 Å². The van der Waals surface area contributed by atoms with Gasteiger partial charge in [0.25, 0.3) is 0 Å². The van der Waals surface area contributed by atoms with Crippen LogP contribution in [0.2, 0.25) is 0 Å². The van der Waals surface area contributed by atoms with Crippen LogP contribution in [0, 0.1) is 23.7 Å². The van der Waals surface area contributed by atoms with E-state index < -0.39 is 88.8 Å². The molecular formula is C17H15F13O4S. The molecule has 2 rings (SSSR count). The van der Waals surface area contributed by atoms with Crippen molar-refractivity contribution in [1.82, 2.24) is 0 Å².